The van der Waals surface area contributed by atoms with Crippen LogP contribution in [0.1, 0.15) is 50.5 Å². The third-order valence-corrected chi connectivity index (χ3v) is 7.42. The quantitative estimate of drug-likeness (QED) is 0.346. The Kier molecular flexibility index (Phi) is 5.76. The fraction of sp³-hybridized carbons (Fsp3) is 0.375. The smallest absolute Gasteiger partial charge is 0.185 e. The Hall–Kier alpha value is -2.31. The molecule has 0 amide bonds. The van der Waals surface area contributed by atoms with Crippen molar-refractivity contribution < 1.29 is 4.39 Å². The summed E-state index contributed by atoms with van der Waals surface area (Å²) < 4.78 is 14.8. The van der Waals surface area contributed by atoms with Gasteiger partial charge in [0, 0.05) is 23.8 Å². The highest BCUT2D eigenvalue weighted by molar-refractivity contribution is 7.22. The van der Waals surface area contributed by atoms with Gasteiger partial charge in [0.25, 0.3) is 0 Å². The maximum Gasteiger partial charge on any atom is 0.185 e. The number of nitrogens with one attached hydrogen (secondary N) is 1. The molecule has 7 heteroatoms. The van der Waals surface area contributed by atoms with Crippen molar-refractivity contribution in [2.45, 2.75) is 51.0 Å². The van der Waals surface area contributed by atoms with Crippen LogP contribution in [0.4, 0.5) is 9.52 Å². The Bertz CT molecular complexity index is 1220. The van der Waals surface area contributed by atoms with Crippen molar-refractivity contribution in [2.75, 3.05) is 5.32 Å². The number of fused-ring (bicyclic) bond motifs is 2. The molecule has 1 N–H and O–H groups in total. The number of halogens is 2. The summed E-state index contributed by atoms with van der Waals surface area (Å²) in [6.07, 6.45) is 9.25. The monoisotopic (exact) mass is 454 g/mol. The van der Waals surface area contributed by atoms with Crippen LogP contribution in [0.25, 0.3) is 21.3 Å². The Morgan fingerprint density at radius 2 is 2.00 bits per heavy atom. The van der Waals surface area contributed by atoms with E-state index in [0.29, 0.717) is 22.9 Å². The Balaban J connectivity index is 1.20. The van der Waals surface area contributed by atoms with Gasteiger partial charge in [-0.1, -0.05) is 22.9 Å². The summed E-state index contributed by atoms with van der Waals surface area (Å²) in [4.78, 5) is 13.3. The first kappa shape index (κ1) is 20.6. The molecule has 160 valence electrons. The van der Waals surface area contributed by atoms with Gasteiger partial charge in [0.1, 0.15) is 5.82 Å². The molecule has 1 fully saturated rings. The van der Waals surface area contributed by atoms with Crippen LogP contribution < -0.4 is 5.32 Å². The standard InChI is InChI=1S/C24H24ClFN4S/c1-14(29-24-30-23-22(31-24)11-17(25)13-28-23)10-15-2-4-16(5-3-15)19-8-9-27-21-7-6-18(26)12-20(19)21/h6-9,11-16H,2-5,10H2,1H3,(H,28,29,30). The third kappa shape index (κ3) is 4.51. The third-order valence-electron chi connectivity index (χ3n) is 6.29. The van der Waals surface area contributed by atoms with Gasteiger partial charge in [-0.05, 0) is 86.8 Å². The van der Waals surface area contributed by atoms with Crippen molar-refractivity contribution in [3.63, 3.8) is 0 Å². The summed E-state index contributed by atoms with van der Waals surface area (Å²) in [5, 5.41) is 6.04. The number of hydrogen-bond donors (Lipinski definition) is 1. The Morgan fingerprint density at radius 1 is 1.16 bits per heavy atom. The molecule has 1 aliphatic rings. The molecule has 0 bridgehead atoms. The van der Waals surface area contributed by atoms with Crippen LogP contribution in [0.3, 0.4) is 0 Å². The van der Waals surface area contributed by atoms with Crippen LogP contribution in [0, 0.1) is 11.7 Å². The summed E-state index contributed by atoms with van der Waals surface area (Å²) in [5.41, 5.74) is 2.87. The highest BCUT2D eigenvalue weighted by Crippen LogP contribution is 2.40. The lowest BCUT2D eigenvalue weighted by Crippen LogP contribution is -2.22. The Labute approximate surface area is 189 Å². The van der Waals surface area contributed by atoms with E-state index >= 15 is 0 Å². The average Bonchev–Trinajstić information content (AvgIpc) is 3.15. The predicted octanol–water partition coefficient (Wildman–Crippen LogP) is 7.20. The van der Waals surface area contributed by atoms with E-state index in [9.17, 15) is 4.39 Å². The molecule has 3 heterocycles. The minimum absolute atomic E-state index is 0.192. The molecule has 1 aromatic carbocycles. The topological polar surface area (TPSA) is 50.7 Å². The minimum atomic E-state index is -0.192. The fourth-order valence-corrected chi connectivity index (χ4v) is 6.03. The van der Waals surface area contributed by atoms with Gasteiger partial charge in [0.05, 0.1) is 15.2 Å². The van der Waals surface area contributed by atoms with Crippen molar-refractivity contribution in [1.29, 1.82) is 0 Å². The molecule has 0 aliphatic heterocycles. The Morgan fingerprint density at radius 3 is 2.84 bits per heavy atom. The molecule has 0 radical (unpaired) electrons. The molecular formula is C24H24ClFN4S. The normalized spacial score (nSPS) is 20.2. The minimum Gasteiger partial charge on any atom is -0.359 e. The molecule has 5 rings (SSSR count). The SMILES string of the molecule is CC(CC1CCC(c2ccnc3ccc(F)cc23)CC1)Nc1nc2ncc(Cl)cc2s1. The number of aromatic nitrogens is 3. The van der Waals surface area contributed by atoms with Gasteiger partial charge < -0.3 is 5.32 Å². The number of pyridine rings is 2. The molecule has 3 aromatic heterocycles. The van der Waals surface area contributed by atoms with E-state index in [1.807, 2.05) is 12.3 Å². The van der Waals surface area contributed by atoms with Gasteiger partial charge in [0.2, 0.25) is 0 Å². The highest BCUT2D eigenvalue weighted by atomic mass is 35.5. The summed E-state index contributed by atoms with van der Waals surface area (Å²) >= 11 is 7.63. The van der Waals surface area contributed by atoms with Crippen LogP contribution in [-0.4, -0.2) is 21.0 Å². The lowest BCUT2D eigenvalue weighted by atomic mass is 9.76. The molecule has 1 unspecified atom stereocenters. The zero-order valence-electron chi connectivity index (χ0n) is 17.3. The summed E-state index contributed by atoms with van der Waals surface area (Å²) in [6, 6.07) is 9.22. The van der Waals surface area contributed by atoms with Gasteiger partial charge in [0.15, 0.2) is 10.8 Å². The van der Waals surface area contributed by atoms with Crippen LogP contribution in [-0.2, 0) is 0 Å². The first-order valence-electron chi connectivity index (χ1n) is 10.8. The number of anilines is 1. The lowest BCUT2D eigenvalue weighted by Gasteiger charge is -2.31. The second kappa shape index (κ2) is 8.67. The summed E-state index contributed by atoms with van der Waals surface area (Å²) in [5.74, 6) is 0.972. The number of hydrogen-bond acceptors (Lipinski definition) is 5. The van der Waals surface area contributed by atoms with E-state index in [0.717, 1.165) is 45.6 Å². The number of benzene rings is 1. The van der Waals surface area contributed by atoms with Crippen LogP contribution >= 0.6 is 22.9 Å². The van der Waals surface area contributed by atoms with Crippen LogP contribution in [0.5, 0.6) is 0 Å². The lowest BCUT2D eigenvalue weighted by molar-refractivity contribution is 0.302. The molecule has 4 aromatic rings. The molecule has 0 spiro atoms. The zero-order chi connectivity index (χ0) is 21.4. The number of rotatable bonds is 5. The molecule has 1 saturated carbocycles. The molecule has 1 aliphatic carbocycles. The van der Waals surface area contributed by atoms with Crippen molar-refractivity contribution in [3.8, 4) is 0 Å². The zero-order valence-corrected chi connectivity index (χ0v) is 18.9. The fourth-order valence-electron chi connectivity index (χ4n) is 4.83. The molecule has 4 nitrogen and oxygen atoms in total. The molecule has 1 atom stereocenters. The largest absolute Gasteiger partial charge is 0.359 e. The van der Waals surface area contributed by atoms with Crippen molar-refractivity contribution in [3.05, 3.63) is 59.1 Å². The average molecular weight is 455 g/mol. The van der Waals surface area contributed by atoms with Crippen molar-refractivity contribution in [1.82, 2.24) is 15.0 Å². The molecule has 0 saturated heterocycles. The van der Waals surface area contributed by atoms with Crippen molar-refractivity contribution >= 4 is 49.3 Å². The predicted molar refractivity (Wildman–Crippen MR) is 127 cm³/mol. The van der Waals surface area contributed by atoms with Gasteiger partial charge in [-0.2, -0.15) is 0 Å². The van der Waals surface area contributed by atoms with Crippen LogP contribution in [0.15, 0.2) is 42.7 Å². The van der Waals surface area contributed by atoms with E-state index < -0.39 is 0 Å². The summed E-state index contributed by atoms with van der Waals surface area (Å²) in [7, 11) is 0. The van der Waals surface area contributed by atoms with E-state index in [1.54, 1.807) is 29.7 Å². The maximum absolute atomic E-state index is 13.8. The first-order chi connectivity index (χ1) is 15.0. The molecule has 31 heavy (non-hydrogen) atoms. The van der Waals surface area contributed by atoms with Crippen LogP contribution in [0.2, 0.25) is 5.02 Å². The van der Waals surface area contributed by atoms with Gasteiger partial charge >= 0.3 is 0 Å². The second-order valence-corrected chi connectivity index (χ2v) is 10.0. The number of thiazole rings is 1. The maximum atomic E-state index is 13.8. The summed E-state index contributed by atoms with van der Waals surface area (Å²) in [6.45, 7) is 2.22. The first-order valence-corrected chi connectivity index (χ1v) is 12.0. The van der Waals surface area contributed by atoms with Gasteiger partial charge in [-0.15, -0.1) is 0 Å². The second-order valence-electron chi connectivity index (χ2n) is 8.55. The van der Waals surface area contributed by atoms with E-state index in [-0.39, 0.29) is 5.82 Å². The number of nitrogens with zero attached hydrogens (tertiary/aromatic N) is 3. The molecular weight excluding hydrogens is 431 g/mol. The van der Waals surface area contributed by atoms with Gasteiger partial charge in [-0.3, -0.25) is 4.98 Å². The van der Waals surface area contributed by atoms with Gasteiger partial charge in [-0.25, -0.2) is 14.4 Å². The van der Waals surface area contributed by atoms with Crippen molar-refractivity contribution in [2.24, 2.45) is 5.92 Å². The van der Waals surface area contributed by atoms with E-state index in [4.69, 9.17) is 11.6 Å². The van der Waals surface area contributed by atoms with E-state index in [2.05, 4.69) is 33.3 Å². The van der Waals surface area contributed by atoms with E-state index in [1.165, 1.54) is 24.5 Å². The highest BCUT2D eigenvalue weighted by Gasteiger charge is 2.25.